The summed E-state index contributed by atoms with van der Waals surface area (Å²) in [4.78, 5) is 25.5. The Balaban J connectivity index is 1.69. The van der Waals surface area contributed by atoms with Crippen LogP contribution in [0.5, 0.6) is 5.75 Å². The molecule has 0 aliphatic heterocycles. The Bertz CT molecular complexity index is 842. The SMILES string of the molecule is CC(C)COc1cccc(C(=O)Nc2ccccc2C(=O)NC2CCCCC2)c1. The molecule has 0 heterocycles. The van der Waals surface area contributed by atoms with Gasteiger partial charge in [-0.2, -0.15) is 0 Å². The van der Waals surface area contributed by atoms with Crippen molar-refractivity contribution in [3.8, 4) is 5.75 Å². The first-order chi connectivity index (χ1) is 14.0. The van der Waals surface area contributed by atoms with Crippen LogP contribution in [0.1, 0.15) is 66.7 Å². The van der Waals surface area contributed by atoms with Crippen molar-refractivity contribution in [3.05, 3.63) is 59.7 Å². The van der Waals surface area contributed by atoms with Gasteiger partial charge in [0.1, 0.15) is 5.75 Å². The predicted molar refractivity (Wildman–Crippen MR) is 116 cm³/mol. The zero-order chi connectivity index (χ0) is 20.6. The molecule has 2 aromatic rings. The Morgan fingerprint density at radius 2 is 1.76 bits per heavy atom. The monoisotopic (exact) mass is 394 g/mol. The first-order valence-corrected chi connectivity index (χ1v) is 10.5. The molecule has 2 aromatic carbocycles. The third-order valence-electron chi connectivity index (χ3n) is 5.04. The molecule has 5 nitrogen and oxygen atoms in total. The van der Waals surface area contributed by atoms with E-state index in [9.17, 15) is 9.59 Å². The second-order valence-electron chi connectivity index (χ2n) is 8.04. The lowest BCUT2D eigenvalue weighted by Gasteiger charge is -2.23. The fourth-order valence-corrected chi connectivity index (χ4v) is 3.48. The van der Waals surface area contributed by atoms with Crippen LogP contribution >= 0.6 is 0 Å². The maximum absolute atomic E-state index is 12.8. The molecule has 1 aliphatic carbocycles. The highest BCUT2D eigenvalue weighted by atomic mass is 16.5. The molecule has 0 aromatic heterocycles. The lowest BCUT2D eigenvalue weighted by Crippen LogP contribution is -2.36. The molecule has 29 heavy (non-hydrogen) atoms. The molecule has 0 unspecified atom stereocenters. The summed E-state index contributed by atoms with van der Waals surface area (Å²) in [7, 11) is 0. The Labute approximate surface area is 172 Å². The van der Waals surface area contributed by atoms with Crippen LogP contribution in [-0.2, 0) is 0 Å². The van der Waals surface area contributed by atoms with Crippen molar-refractivity contribution >= 4 is 17.5 Å². The van der Waals surface area contributed by atoms with Crippen LogP contribution in [0, 0.1) is 5.92 Å². The standard InChI is InChI=1S/C24H30N2O3/c1-17(2)16-29-20-12-8-9-18(15-20)23(27)26-22-14-7-6-13-21(22)24(28)25-19-10-4-3-5-11-19/h6-9,12-15,17,19H,3-5,10-11,16H2,1-2H3,(H,25,28)(H,26,27). The first kappa shape index (κ1) is 20.9. The smallest absolute Gasteiger partial charge is 0.255 e. The number of hydrogen-bond donors (Lipinski definition) is 2. The number of hydrogen-bond acceptors (Lipinski definition) is 3. The normalized spacial score (nSPS) is 14.4. The van der Waals surface area contributed by atoms with Crippen LogP contribution in [0.4, 0.5) is 5.69 Å². The second kappa shape index (κ2) is 10.1. The van der Waals surface area contributed by atoms with Gasteiger partial charge in [-0.25, -0.2) is 0 Å². The van der Waals surface area contributed by atoms with Crippen molar-refractivity contribution in [2.45, 2.75) is 52.0 Å². The van der Waals surface area contributed by atoms with Crippen molar-refractivity contribution in [3.63, 3.8) is 0 Å². The van der Waals surface area contributed by atoms with E-state index in [1.165, 1.54) is 6.42 Å². The molecule has 0 saturated heterocycles. The molecule has 3 rings (SSSR count). The van der Waals surface area contributed by atoms with Gasteiger partial charge in [-0.15, -0.1) is 0 Å². The number of amides is 2. The van der Waals surface area contributed by atoms with E-state index in [0.29, 0.717) is 35.1 Å². The second-order valence-corrected chi connectivity index (χ2v) is 8.04. The molecule has 1 aliphatic rings. The lowest BCUT2D eigenvalue weighted by atomic mass is 9.95. The largest absolute Gasteiger partial charge is 0.493 e. The van der Waals surface area contributed by atoms with E-state index >= 15 is 0 Å². The Morgan fingerprint density at radius 1 is 1.00 bits per heavy atom. The molecule has 0 bridgehead atoms. The molecule has 0 radical (unpaired) electrons. The molecular weight excluding hydrogens is 364 g/mol. The zero-order valence-electron chi connectivity index (χ0n) is 17.2. The van der Waals surface area contributed by atoms with Gasteiger partial charge in [0, 0.05) is 11.6 Å². The fraction of sp³-hybridized carbons (Fsp3) is 0.417. The van der Waals surface area contributed by atoms with Gasteiger partial charge in [-0.05, 0) is 49.1 Å². The van der Waals surface area contributed by atoms with Crippen LogP contribution in [0.3, 0.4) is 0 Å². The predicted octanol–water partition coefficient (Wildman–Crippen LogP) is 5.04. The van der Waals surface area contributed by atoms with Crippen molar-refractivity contribution in [2.24, 2.45) is 5.92 Å². The minimum absolute atomic E-state index is 0.137. The quantitative estimate of drug-likeness (QED) is 0.692. The molecule has 0 spiro atoms. The molecule has 2 amide bonds. The van der Waals surface area contributed by atoms with E-state index < -0.39 is 0 Å². The van der Waals surface area contributed by atoms with Crippen LogP contribution in [0.25, 0.3) is 0 Å². The van der Waals surface area contributed by atoms with E-state index in [2.05, 4.69) is 24.5 Å². The summed E-state index contributed by atoms with van der Waals surface area (Å²) in [5, 5.41) is 6.00. The first-order valence-electron chi connectivity index (χ1n) is 10.5. The Morgan fingerprint density at radius 3 is 2.52 bits per heavy atom. The summed E-state index contributed by atoms with van der Waals surface area (Å²) >= 11 is 0. The number of ether oxygens (including phenoxy) is 1. The minimum Gasteiger partial charge on any atom is -0.493 e. The fourth-order valence-electron chi connectivity index (χ4n) is 3.48. The van der Waals surface area contributed by atoms with Gasteiger partial charge in [0.25, 0.3) is 11.8 Å². The van der Waals surface area contributed by atoms with Crippen molar-refractivity contribution < 1.29 is 14.3 Å². The number of benzene rings is 2. The van der Waals surface area contributed by atoms with Gasteiger partial charge in [-0.3, -0.25) is 9.59 Å². The number of anilines is 1. The van der Waals surface area contributed by atoms with Gasteiger partial charge in [-0.1, -0.05) is 51.3 Å². The minimum atomic E-state index is -0.266. The molecular formula is C24H30N2O3. The third-order valence-corrected chi connectivity index (χ3v) is 5.04. The lowest BCUT2D eigenvalue weighted by molar-refractivity contribution is 0.0928. The van der Waals surface area contributed by atoms with Crippen molar-refractivity contribution in [1.29, 1.82) is 0 Å². The van der Waals surface area contributed by atoms with E-state index in [1.54, 1.807) is 30.3 Å². The summed E-state index contributed by atoms with van der Waals surface area (Å²) < 4.78 is 5.71. The van der Waals surface area contributed by atoms with E-state index in [0.717, 1.165) is 25.7 Å². The molecule has 1 fully saturated rings. The number of carbonyl (C=O) groups is 2. The number of rotatable bonds is 7. The topological polar surface area (TPSA) is 67.4 Å². The molecule has 154 valence electrons. The zero-order valence-corrected chi connectivity index (χ0v) is 17.2. The molecule has 1 saturated carbocycles. The van der Waals surface area contributed by atoms with Crippen molar-refractivity contribution in [1.82, 2.24) is 5.32 Å². The van der Waals surface area contributed by atoms with Gasteiger partial charge < -0.3 is 15.4 Å². The summed E-state index contributed by atoms with van der Waals surface area (Å²) in [6.45, 7) is 4.74. The van der Waals surface area contributed by atoms with E-state index in [1.807, 2.05) is 18.2 Å². The van der Waals surface area contributed by atoms with Crippen LogP contribution < -0.4 is 15.4 Å². The van der Waals surface area contributed by atoms with Crippen LogP contribution in [-0.4, -0.2) is 24.5 Å². The molecule has 0 atom stereocenters. The van der Waals surface area contributed by atoms with Gasteiger partial charge in [0.05, 0.1) is 17.9 Å². The maximum Gasteiger partial charge on any atom is 0.255 e. The van der Waals surface area contributed by atoms with Crippen LogP contribution in [0.2, 0.25) is 0 Å². The highest BCUT2D eigenvalue weighted by Gasteiger charge is 2.19. The summed E-state index contributed by atoms with van der Waals surface area (Å²) in [6, 6.07) is 14.4. The number of carbonyl (C=O) groups excluding carboxylic acids is 2. The average molecular weight is 395 g/mol. The maximum atomic E-state index is 12.8. The molecule has 5 heteroatoms. The van der Waals surface area contributed by atoms with Crippen molar-refractivity contribution in [2.75, 3.05) is 11.9 Å². The summed E-state index contributed by atoms with van der Waals surface area (Å²) in [5.74, 6) is 0.663. The highest BCUT2D eigenvalue weighted by Crippen LogP contribution is 2.21. The van der Waals surface area contributed by atoms with Gasteiger partial charge in [0.2, 0.25) is 0 Å². The van der Waals surface area contributed by atoms with Gasteiger partial charge >= 0.3 is 0 Å². The van der Waals surface area contributed by atoms with E-state index in [4.69, 9.17) is 4.74 Å². The number of para-hydroxylation sites is 1. The Hall–Kier alpha value is -2.82. The highest BCUT2D eigenvalue weighted by molar-refractivity contribution is 6.09. The summed E-state index contributed by atoms with van der Waals surface area (Å²) in [5.41, 5.74) is 1.49. The average Bonchev–Trinajstić information content (AvgIpc) is 2.73. The van der Waals surface area contributed by atoms with E-state index in [-0.39, 0.29) is 17.9 Å². The van der Waals surface area contributed by atoms with Crippen LogP contribution in [0.15, 0.2) is 48.5 Å². The number of nitrogens with one attached hydrogen (secondary N) is 2. The molecule has 2 N–H and O–H groups in total. The van der Waals surface area contributed by atoms with Gasteiger partial charge in [0.15, 0.2) is 0 Å². The third kappa shape index (κ3) is 6.08. The summed E-state index contributed by atoms with van der Waals surface area (Å²) in [6.07, 6.45) is 5.57. The Kier molecular flexibility index (Phi) is 7.28.